The minimum atomic E-state index is -4.42. The molecule has 0 radical (unpaired) electrons. The van der Waals surface area contributed by atoms with Crippen molar-refractivity contribution >= 4 is 5.69 Å². The zero-order chi connectivity index (χ0) is 13.9. The Morgan fingerprint density at radius 2 is 1.79 bits per heavy atom. The Morgan fingerprint density at radius 3 is 2.37 bits per heavy atom. The number of nitrogens with zero attached hydrogens (tertiary/aromatic N) is 2. The van der Waals surface area contributed by atoms with Crippen molar-refractivity contribution in [2.24, 2.45) is 0 Å². The van der Waals surface area contributed by atoms with Crippen LogP contribution in [0.3, 0.4) is 0 Å². The molecule has 3 nitrogen and oxygen atoms in total. The first-order valence-electron chi connectivity index (χ1n) is 5.55. The molecular formula is C12H11F4N3. The van der Waals surface area contributed by atoms with E-state index in [-0.39, 0.29) is 12.4 Å². The summed E-state index contributed by atoms with van der Waals surface area (Å²) in [6.45, 7) is 0.679. The summed E-state index contributed by atoms with van der Waals surface area (Å²) in [4.78, 5) is 0. The first-order valence-corrected chi connectivity index (χ1v) is 5.55. The molecule has 102 valence electrons. The summed E-state index contributed by atoms with van der Waals surface area (Å²) in [6.07, 6.45) is -3.15. The average Bonchev–Trinajstić information content (AvgIpc) is 2.80. The Balaban J connectivity index is 1.86. The second kappa shape index (κ2) is 5.29. The van der Waals surface area contributed by atoms with Crippen LogP contribution in [-0.2, 0) is 12.7 Å². The maximum Gasteiger partial charge on any atom is 0.435 e. The van der Waals surface area contributed by atoms with Gasteiger partial charge in [0.2, 0.25) is 0 Å². The van der Waals surface area contributed by atoms with Gasteiger partial charge in [0.25, 0.3) is 0 Å². The predicted molar refractivity (Wildman–Crippen MR) is 62.1 cm³/mol. The molecule has 1 heterocycles. The Labute approximate surface area is 106 Å². The number of hydrogen-bond acceptors (Lipinski definition) is 2. The van der Waals surface area contributed by atoms with Gasteiger partial charge in [-0.15, -0.1) is 0 Å². The molecule has 19 heavy (non-hydrogen) atoms. The first-order chi connectivity index (χ1) is 8.95. The molecule has 0 aliphatic carbocycles. The number of halogens is 4. The normalized spacial score (nSPS) is 11.6. The van der Waals surface area contributed by atoms with E-state index in [0.717, 1.165) is 6.07 Å². The van der Waals surface area contributed by atoms with Gasteiger partial charge in [0, 0.05) is 18.4 Å². The molecule has 0 aliphatic rings. The monoisotopic (exact) mass is 273 g/mol. The third-order valence-electron chi connectivity index (χ3n) is 2.45. The molecule has 0 atom stereocenters. The van der Waals surface area contributed by atoms with Crippen molar-refractivity contribution in [1.29, 1.82) is 0 Å². The summed E-state index contributed by atoms with van der Waals surface area (Å²) in [6, 6.07) is 6.65. The lowest BCUT2D eigenvalue weighted by molar-refractivity contribution is -0.141. The Kier molecular flexibility index (Phi) is 3.73. The number of hydrogen-bond donors (Lipinski definition) is 1. The van der Waals surface area contributed by atoms with E-state index in [1.807, 2.05) is 0 Å². The molecule has 2 aromatic rings. The van der Waals surface area contributed by atoms with Crippen LogP contribution in [0.25, 0.3) is 0 Å². The van der Waals surface area contributed by atoms with Crippen molar-refractivity contribution in [2.45, 2.75) is 12.7 Å². The van der Waals surface area contributed by atoms with Crippen molar-refractivity contribution in [1.82, 2.24) is 9.78 Å². The zero-order valence-electron chi connectivity index (χ0n) is 9.78. The number of nitrogens with one attached hydrogen (secondary N) is 1. The summed E-state index contributed by atoms with van der Waals surface area (Å²) in [5.74, 6) is -0.340. The lowest BCUT2D eigenvalue weighted by atomic mass is 10.3. The van der Waals surface area contributed by atoms with Crippen LogP contribution < -0.4 is 5.32 Å². The fourth-order valence-electron chi connectivity index (χ4n) is 1.52. The van der Waals surface area contributed by atoms with E-state index in [0.29, 0.717) is 12.2 Å². The minimum absolute atomic E-state index is 0.285. The van der Waals surface area contributed by atoms with E-state index >= 15 is 0 Å². The molecule has 0 aliphatic heterocycles. The summed E-state index contributed by atoms with van der Waals surface area (Å²) in [5.41, 5.74) is -0.209. The van der Waals surface area contributed by atoms with Gasteiger partial charge in [-0.2, -0.15) is 18.3 Å². The molecule has 0 amide bonds. The molecule has 0 fully saturated rings. The van der Waals surface area contributed by atoms with E-state index < -0.39 is 11.9 Å². The van der Waals surface area contributed by atoms with Crippen molar-refractivity contribution in [3.8, 4) is 0 Å². The van der Waals surface area contributed by atoms with Crippen molar-refractivity contribution in [3.05, 3.63) is 48.0 Å². The van der Waals surface area contributed by atoms with Crippen LogP contribution in [0, 0.1) is 5.82 Å². The molecule has 0 bridgehead atoms. The van der Waals surface area contributed by atoms with E-state index in [1.165, 1.54) is 23.0 Å². The quantitative estimate of drug-likeness (QED) is 0.867. The van der Waals surface area contributed by atoms with E-state index in [2.05, 4.69) is 10.4 Å². The van der Waals surface area contributed by atoms with Crippen LogP contribution in [0.2, 0.25) is 0 Å². The summed E-state index contributed by atoms with van der Waals surface area (Å²) in [5, 5.41) is 6.38. The van der Waals surface area contributed by atoms with Crippen LogP contribution in [-0.4, -0.2) is 16.3 Å². The highest BCUT2D eigenvalue weighted by Gasteiger charge is 2.33. The Morgan fingerprint density at radius 1 is 1.11 bits per heavy atom. The Hall–Kier alpha value is -2.05. The van der Waals surface area contributed by atoms with Crippen molar-refractivity contribution < 1.29 is 17.6 Å². The van der Waals surface area contributed by atoms with Gasteiger partial charge in [-0.1, -0.05) is 0 Å². The molecular weight excluding hydrogens is 262 g/mol. The van der Waals surface area contributed by atoms with Crippen LogP contribution in [0.5, 0.6) is 0 Å². The maximum absolute atomic E-state index is 12.6. The maximum atomic E-state index is 12.6. The molecule has 0 unspecified atom stereocenters. The lowest BCUT2D eigenvalue weighted by Crippen LogP contribution is -2.13. The van der Waals surface area contributed by atoms with Crippen LogP contribution in [0.1, 0.15) is 5.69 Å². The fraction of sp³-hybridized carbons (Fsp3) is 0.250. The van der Waals surface area contributed by atoms with Crippen molar-refractivity contribution in [2.75, 3.05) is 11.9 Å². The third-order valence-corrected chi connectivity index (χ3v) is 2.45. The smallest absolute Gasteiger partial charge is 0.383 e. The molecule has 1 N–H and O–H groups in total. The Bertz CT molecular complexity index is 531. The van der Waals surface area contributed by atoms with Gasteiger partial charge in [0.05, 0.1) is 6.54 Å². The molecule has 0 spiro atoms. The van der Waals surface area contributed by atoms with Gasteiger partial charge in [-0.25, -0.2) is 4.39 Å². The second-order valence-corrected chi connectivity index (χ2v) is 3.90. The van der Waals surface area contributed by atoms with Crippen molar-refractivity contribution in [3.63, 3.8) is 0 Å². The SMILES string of the molecule is Fc1ccc(NCCn2ccc(C(F)(F)F)n2)cc1. The van der Waals surface area contributed by atoms with Gasteiger partial charge >= 0.3 is 6.18 Å². The predicted octanol–water partition coefficient (Wildman–Crippen LogP) is 3.15. The average molecular weight is 273 g/mol. The molecule has 1 aromatic heterocycles. The van der Waals surface area contributed by atoms with Crippen LogP contribution >= 0.6 is 0 Å². The topological polar surface area (TPSA) is 29.9 Å². The number of anilines is 1. The largest absolute Gasteiger partial charge is 0.435 e. The number of benzene rings is 1. The summed E-state index contributed by atoms with van der Waals surface area (Å²) >= 11 is 0. The van der Waals surface area contributed by atoms with Gasteiger partial charge in [-0.3, -0.25) is 4.68 Å². The van der Waals surface area contributed by atoms with Crippen LogP contribution in [0.15, 0.2) is 36.5 Å². The summed E-state index contributed by atoms with van der Waals surface area (Å²) in [7, 11) is 0. The fourth-order valence-corrected chi connectivity index (χ4v) is 1.52. The molecule has 1 aromatic carbocycles. The van der Waals surface area contributed by atoms with Gasteiger partial charge in [-0.05, 0) is 30.3 Å². The number of rotatable bonds is 4. The lowest BCUT2D eigenvalue weighted by Gasteiger charge is -2.06. The summed E-state index contributed by atoms with van der Waals surface area (Å²) < 4.78 is 50.7. The number of aromatic nitrogens is 2. The van der Waals surface area contributed by atoms with Gasteiger partial charge < -0.3 is 5.32 Å². The number of alkyl halides is 3. The minimum Gasteiger partial charge on any atom is -0.383 e. The standard InChI is InChI=1S/C12H11F4N3/c13-9-1-3-10(4-2-9)17-6-8-19-7-5-11(18-19)12(14,15)16/h1-5,7,17H,6,8H2. The van der Waals surface area contributed by atoms with E-state index in [1.54, 1.807) is 12.1 Å². The molecule has 2 rings (SSSR count). The van der Waals surface area contributed by atoms with Gasteiger partial charge in [0.15, 0.2) is 5.69 Å². The van der Waals surface area contributed by atoms with E-state index in [4.69, 9.17) is 0 Å². The molecule has 0 saturated carbocycles. The molecule has 7 heteroatoms. The van der Waals surface area contributed by atoms with Gasteiger partial charge in [0.1, 0.15) is 5.82 Å². The zero-order valence-corrected chi connectivity index (χ0v) is 9.78. The highest BCUT2D eigenvalue weighted by Crippen LogP contribution is 2.27. The highest BCUT2D eigenvalue weighted by molar-refractivity contribution is 5.42. The molecule has 0 saturated heterocycles. The first kappa shape index (κ1) is 13.4. The second-order valence-electron chi connectivity index (χ2n) is 3.90. The van der Waals surface area contributed by atoms with Crippen LogP contribution in [0.4, 0.5) is 23.2 Å². The van der Waals surface area contributed by atoms with E-state index in [9.17, 15) is 17.6 Å². The third kappa shape index (κ3) is 3.70. The highest BCUT2D eigenvalue weighted by atomic mass is 19.4.